The molecule has 3 fully saturated rings. The number of ether oxygens (including phenoxy) is 2. The molecule has 188 valence electrons. The van der Waals surface area contributed by atoms with Gasteiger partial charge in [-0.2, -0.15) is 13.2 Å². The van der Waals surface area contributed by atoms with Crippen LogP contribution in [0.3, 0.4) is 0 Å². The fourth-order valence-corrected chi connectivity index (χ4v) is 5.43. The standard InChI is InChI=1S/C22H30F3N5O4/c1-15(22(23,24)25)34-20(32)27-7-4-21(5-8-27)3-2-6-30(21)19(31)17-11-29-10-9-28(12-18(29)26-17)16-13-33-14-16/h11,15-16H,2-10,12-14H2,1H3. The van der Waals surface area contributed by atoms with Crippen molar-refractivity contribution in [2.45, 2.75) is 69.6 Å². The highest BCUT2D eigenvalue weighted by Crippen LogP contribution is 2.39. The molecule has 3 saturated heterocycles. The zero-order chi connectivity index (χ0) is 24.1. The number of halogens is 3. The first-order valence-corrected chi connectivity index (χ1v) is 11.9. The molecule has 0 radical (unpaired) electrons. The van der Waals surface area contributed by atoms with E-state index in [1.165, 1.54) is 4.90 Å². The third-order valence-electron chi connectivity index (χ3n) is 7.72. The molecule has 2 amide bonds. The first-order valence-electron chi connectivity index (χ1n) is 11.9. The number of likely N-dealkylation sites (tertiary alicyclic amines) is 2. The number of carbonyl (C=O) groups is 2. The van der Waals surface area contributed by atoms with E-state index in [1.807, 2.05) is 15.7 Å². The lowest BCUT2D eigenvalue weighted by Crippen LogP contribution is -2.55. The van der Waals surface area contributed by atoms with Gasteiger partial charge in [-0.3, -0.25) is 9.69 Å². The maximum atomic E-state index is 13.5. The molecular weight excluding hydrogens is 455 g/mol. The Kier molecular flexibility index (Phi) is 5.99. The molecule has 5 rings (SSSR count). The van der Waals surface area contributed by atoms with Crippen LogP contribution < -0.4 is 0 Å². The number of piperidine rings is 1. The van der Waals surface area contributed by atoms with Crippen LogP contribution in [-0.2, 0) is 22.6 Å². The highest BCUT2D eigenvalue weighted by molar-refractivity contribution is 5.93. The van der Waals surface area contributed by atoms with Gasteiger partial charge in [0.05, 0.1) is 25.8 Å². The number of fused-ring (bicyclic) bond motifs is 1. The molecule has 0 N–H and O–H groups in total. The van der Waals surface area contributed by atoms with Crippen LogP contribution in [0.2, 0.25) is 0 Å². The normalized spacial score (nSPS) is 24.1. The number of imidazole rings is 1. The zero-order valence-electron chi connectivity index (χ0n) is 19.2. The monoisotopic (exact) mass is 485 g/mol. The Morgan fingerprint density at radius 3 is 2.53 bits per heavy atom. The summed E-state index contributed by atoms with van der Waals surface area (Å²) in [5.74, 6) is 0.769. The molecule has 4 aliphatic heterocycles. The topological polar surface area (TPSA) is 80.1 Å². The van der Waals surface area contributed by atoms with Gasteiger partial charge in [-0.25, -0.2) is 9.78 Å². The Morgan fingerprint density at radius 2 is 1.88 bits per heavy atom. The molecule has 0 saturated carbocycles. The average Bonchev–Trinajstić information content (AvgIpc) is 3.36. The first-order chi connectivity index (χ1) is 16.2. The van der Waals surface area contributed by atoms with Gasteiger partial charge in [-0.1, -0.05) is 0 Å². The summed E-state index contributed by atoms with van der Waals surface area (Å²) in [6, 6.07) is 0.419. The highest BCUT2D eigenvalue weighted by atomic mass is 19.4. The van der Waals surface area contributed by atoms with Crippen molar-refractivity contribution in [2.75, 3.05) is 39.4 Å². The molecule has 1 aromatic rings. The maximum absolute atomic E-state index is 13.5. The van der Waals surface area contributed by atoms with E-state index in [-0.39, 0.29) is 19.0 Å². The largest absolute Gasteiger partial charge is 0.437 e. The van der Waals surface area contributed by atoms with Crippen LogP contribution in [0, 0.1) is 0 Å². The predicted octanol–water partition coefficient (Wildman–Crippen LogP) is 2.26. The number of aromatic nitrogens is 2. The number of nitrogens with zero attached hydrogens (tertiary/aromatic N) is 5. The summed E-state index contributed by atoms with van der Waals surface area (Å²) in [5.41, 5.74) is 0.0342. The fourth-order valence-electron chi connectivity index (χ4n) is 5.43. The summed E-state index contributed by atoms with van der Waals surface area (Å²) in [6.45, 7) is 5.80. The molecule has 1 atom stereocenters. The van der Waals surface area contributed by atoms with Crippen molar-refractivity contribution in [3.8, 4) is 0 Å². The van der Waals surface area contributed by atoms with Crippen LogP contribution in [0.15, 0.2) is 6.20 Å². The third-order valence-corrected chi connectivity index (χ3v) is 7.72. The van der Waals surface area contributed by atoms with E-state index in [1.54, 1.807) is 0 Å². The molecule has 12 heteroatoms. The molecule has 34 heavy (non-hydrogen) atoms. The van der Waals surface area contributed by atoms with Crippen molar-refractivity contribution in [1.29, 1.82) is 0 Å². The molecule has 4 aliphatic rings. The van der Waals surface area contributed by atoms with Gasteiger partial charge in [0.1, 0.15) is 11.5 Å². The van der Waals surface area contributed by atoms with E-state index in [0.717, 1.165) is 51.9 Å². The molecule has 1 spiro atoms. The quantitative estimate of drug-likeness (QED) is 0.654. The Balaban J connectivity index is 1.22. The average molecular weight is 486 g/mol. The van der Waals surface area contributed by atoms with Gasteiger partial charge in [-0.05, 0) is 32.6 Å². The highest BCUT2D eigenvalue weighted by Gasteiger charge is 2.48. The lowest BCUT2D eigenvalue weighted by atomic mass is 9.85. The number of hydrogen-bond donors (Lipinski definition) is 0. The molecular formula is C22H30F3N5O4. The summed E-state index contributed by atoms with van der Waals surface area (Å²) in [5, 5.41) is 0. The van der Waals surface area contributed by atoms with Crippen molar-refractivity contribution in [1.82, 2.24) is 24.3 Å². The van der Waals surface area contributed by atoms with E-state index >= 15 is 0 Å². The first kappa shape index (κ1) is 23.4. The van der Waals surface area contributed by atoms with Gasteiger partial charge in [0.15, 0.2) is 6.10 Å². The minimum absolute atomic E-state index is 0.111. The summed E-state index contributed by atoms with van der Waals surface area (Å²) in [4.78, 5) is 35.9. The number of amides is 2. The summed E-state index contributed by atoms with van der Waals surface area (Å²) < 4.78 is 50.1. The van der Waals surface area contributed by atoms with E-state index in [9.17, 15) is 22.8 Å². The second kappa shape index (κ2) is 8.71. The molecule has 1 aromatic heterocycles. The number of carbonyl (C=O) groups excluding carboxylic acids is 2. The smallest absolute Gasteiger partial charge is 0.425 e. The lowest BCUT2D eigenvalue weighted by Gasteiger charge is -2.44. The van der Waals surface area contributed by atoms with Crippen molar-refractivity contribution >= 4 is 12.0 Å². The van der Waals surface area contributed by atoms with Crippen LogP contribution in [0.1, 0.15) is 48.9 Å². The number of rotatable bonds is 3. The minimum Gasteiger partial charge on any atom is -0.437 e. The van der Waals surface area contributed by atoms with Crippen LogP contribution in [0.4, 0.5) is 18.0 Å². The van der Waals surface area contributed by atoms with Crippen LogP contribution in [0.5, 0.6) is 0 Å². The van der Waals surface area contributed by atoms with E-state index in [2.05, 4.69) is 14.6 Å². The maximum Gasteiger partial charge on any atom is 0.425 e. The van der Waals surface area contributed by atoms with E-state index < -0.39 is 23.9 Å². The van der Waals surface area contributed by atoms with Crippen molar-refractivity contribution < 1.29 is 32.2 Å². The van der Waals surface area contributed by atoms with Gasteiger partial charge in [0, 0.05) is 44.5 Å². The zero-order valence-corrected chi connectivity index (χ0v) is 19.2. The lowest BCUT2D eigenvalue weighted by molar-refractivity contribution is -0.200. The molecule has 0 bridgehead atoms. The number of hydrogen-bond acceptors (Lipinski definition) is 6. The predicted molar refractivity (Wildman–Crippen MR) is 113 cm³/mol. The van der Waals surface area contributed by atoms with Crippen molar-refractivity contribution in [3.05, 3.63) is 17.7 Å². The van der Waals surface area contributed by atoms with Gasteiger partial charge >= 0.3 is 12.3 Å². The summed E-state index contributed by atoms with van der Waals surface area (Å²) in [6.07, 6.45) is -3.18. The van der Waals surface area contributed by atoms with E-state index in [4.69, 9.17) is 4.74 Å². The van der Waals surface area contributed by atoms with Crippen LogP contribution in [0.25, 0.3) is 0 Å². The second-order valence-electron chi connectivity index (χ2n) is 9.74. The van der Waals surface area contributed by atoms with Gasteiger partial charge in [0.2, 0.25) is 0 Å². The summed E-state index contributed by atoms with van der Waals surface area (Å²) >= 11 is 0. The Hall–Kier alpha value is -2.34. The Bertz CT molecular complexity index is 939. The van der Waals surface area contributed by atoms with Crippen molar-refractivity contribution in [2.24, 2.45) is 0 Å². The molecule has 9 nitrogen and oxygen atoms in total. The molecule has 0 aromatic carbocycles. The second-order valence-corrected chi connectivity index (χ2v) is 9.74. The SMILES string of the molecule is CC(OC(=O)N1CCC2(CCCN2C(=O)c2cn3c(n2)CN(C2COC2)CC3)CC1)C(F)(F)F. The van der Waals surface area contributed by atoms with E-state index in [0.29, 0.717) is 37.7 Å². The summed E-state index contributed by atoms with van der Waals surface area (Å²) in [7, 11) is 0. The van der Waals surface area contributed by atoms with Gasteiger partial charge in [0.25, 0.3) is 5.91 Å². The Morgan fingerprint density at radius 1 is 1.15 bits per heavy atom. The van der Waals surface area contributed by atoms with Gasteiger partial charge < -0.3 is 23.8 Å². The minimum atomic E-state index is -4.59. The van der Waals surface area contributed by atoms with Crippen LogP contribution in [-0.4, -0.2) is 99.5 Å². The fraction of sp³-hybridized carbons (Fsp3) is 0.773. The molecule has 1 unspecified atom stereocenters. The molecule has 5 heterocycles. The van der Waals surface area contributed by atoms with Gasteiger partial charge in [-0.15, -0.1) is 0 Å². The molecule has 0 aliphatic carbocycles. The Labute approximate surface area is 195 Å². The number of alkyl halides is 3. The third kappa shape index (κ3) is 4.26. The van der Waals surface area contributed by atoms with Crippen molar-refractivity contribution in [3.63, 3.8) is 0 Å². The van der Waals surface area contributed by atoms with Crippen LogP contribution >= 0.6 is 0 Å².